The maximum atomic E-state index is 6.12. The molecule has 0 saturated carbocycles. The van der Waals surface area contributed by atoms with Crippen molar-refractivity contribution < 1.29 is 4.74 Å². The minimum atomic E-state index is -0.189. The number of morpholine rings is 1. The highest BCUT2D eigenvalue weighted by atomic mass is 16.5. The summed E-state index contributed by atoms with van der Waals surface area (Å²) in [5.41, 5.74) is 6.76. The molecule has 5 nitrogen and oxygen atoms in total. The summed E-state index contributed by atoms with van der Waals surface area (Å²) in [6.45, 7) is 16.2. The number of rotatable bonds is 1. The first-order valence-electron chi connectivity index (χ1n) is 7.57. The van der Waals surface area contributed by atoms with Crippen molar-refractivity contribution in [2.24, 2.45) is 0 Å². The van der Waals surface area contributed by atoms with Gasteiger partial charge in [0.25, 0.3) is 0 Å². The molecule has 0 bridgehead atoms. The predicted molar refractivity (Wildman–Crippen MR) is 86.7 cm³/mol. The molecule has 0 amide bonds. The quantitative estimate of drug-likeness (QED) is 0.862. The van der Waals surface area contributed by atoms with Crippen molar-refractivity contribution in [2.45, 2.75) is 65.6 Å². The highest BCUT2D eigenvalue weighted by Crippen LogP contribution is 2.31. The van der Waals surface area contributed by atoms with E-state index in [-0.39, 0.29) is 17.1 Å². The number of aromatic nitrogens is 2. The van der Waals surface area contributed by atoms with Crippen LogP contribution in [0, 0.1) is 6.92 Å². The molecule has 1 fully saturated rings. The van der Waals surface area contributed by atoms with Gasteiger partial charge in [0.2, 0.25) is 0 Å². The van der Waals surface area contributed by atoms with Gasteiger partial charge >= 0.3 is 0 Å². The summed E-state index contributed by atoms with van der Waals surface area (Å²) in [6, 6.07) is 0. The first-order chi connectivity index (χ1) is 9.49. The van der Waals surface area contributed by atoms with Gasteiger partial charge in [0.1, 0.15) is 17.5 Å². The summed E-state index contributed by atoms with van der Waals surface area (Å²) >= 11 is 0. The van der Waals surface area contributed by atoms with E-state index in [0.29, 0.717) is 5.82 Å². The first-order valence-corrected chi connectivity index (χ1v) is 7.57. The minimum Gasteiger partial charge on any atom is -0.383 e. The second-order valence-corrected chi connectivity index (χ2v) is 7.70. The normalized spacial score (nSPS) is 22.4. The van der Waals surface area contributed by atoms with Gasteiger partial charge in [0.15, 0.2) is 0 Å². The summed E-state index contributed by atoms with van der Waals surface area (Å²) in [6.07, 6.45) is 0.169. The number of anilines is 2. The van der Waals surface area contributed by atoms with E-state index in [1.54, 1.807) is 0 Å². The lowest BCUT2D eigenvalue weighted by Gasteiger charge is -2.43. The van der Waals surface area contributed by atoms with Crippen LogP contribution < -0.4 is 10.6 Å². The van der Waals surface area contributed by atoms with Crippen molar-refractivity contribution in [2.75, 3.05) is 23.7 Å². The van der Waals surface area contributed by atoms with Crippen molar-refractivity contribution in [3.63, 3.8) is 0 Å². The van der Waals surface area contributed by atoms with Crippen LogP contribution in [-0.4, -0.2) is 34.8 Å². The molecular formula is C16H28N4O. The zero-order chi connectivity index (χ0) is 16.0. The molecule has 2 N–H and O–H groups in total. The van der Waals surface area contributed by atoms with E-state index in [4.69, 9.17) is 15.5 Å². The molecule has 2 rings (SSSR count). The standard InChI is InChI=1S/C16H28N4O/c1-10-8-20(9-16(6,7)21-10)13-11(2)12(17)18-14(19-13)15(3,4)5/h10H,8-9H2,1-7H3,(H2,17,18,19). The number of hydrogen-bond acceptors (Lipinski definition) is 5. The van der Waals surface area contributed by atoms with E-state index in [0.717, 1.165) is 30.3 Å². The van der Waals surface area contributed by atoms with Crippen LogP contribution in [0.3, 0.4) is 0 Å². The molecule has 21 heavy (non-hydrogen) atoms. The second-order valence-electron chi connectivity index (χ2n) is 7.70. The number of nitrogens with zero attached hydrogens (tertiary/aromatic N) is 3. The molecule has 1 aliphatic heterocycles. The zero-order valence-corrected chi connectivity index (χ0v) is 14.3. The van der Waals surface area contributed by atoms with E-state index in [1.807, 2.05) is 6.92 Å². The largest absolute Gasteiger partial charge is 0.383 e. The van der Waals surface area contributed by atoms with Crippen LogP contribution in [0.15, 0.2) is 0 Å². The summed E-state index contributed by atoms with van der Waals surface area (Å²) < 4.78 is 5.98. The molecule has 1 unspecified atom stereocenters. The van der Waals surface area contributed by atoms with Crippen molar-refractivity contribution in [3.05, 3.63) is 11.4 Å². The molecular weight excluding hydrogens is 264 g/mol. The Hall–Kier alpha value is -1.36. The van der Waals surface area contributed by atoms with E-state index in [9.17, 15) is 0 Å². The second kappa shape index (κ2) is 5.13. The molecule has 1 aromatic heterocycles. The Bertz CT molecular complexity index is 534. The highest BCUT2D eigenvalue weighted by Gasteiger charge is 2.33. The number of hydrogen-bond donors (Lipinski definition) is 1. The molecule has 118 valence electrons. The van der Waals surface area contributed by atoms with E-state index >= 15 is 0 Å². The number of ether oxygens (including phenoxy) is 1. The zero-order valence-electron chi connectivity index (χ0n) is 14.3. The molecule has 1 saturated heterocycles. The molecule has 2 heterocycles. The van der Waals surface area contributed by atoms with Crippen LogP contribution in [0.1, 0.15) is 52.9 Å². The van der Waals surface area contributed by atoms with Crippen LogP contribution >= 0.6 is 0 Å². The van der Waals surface area contributed by atoms with Crippen molar-refractivity contribution >= 4 is 11.6 Å². The Kier molecular flexibility index (Phi) is 3.91. The molecule has 0 aliphatic carbocycles. The van der Waals surface area contributed by atoms with Crippen molar-refractivity contribution in [1.82, 2.24) is 9.97 Å². The Morgan fingerprint density at radius 1 is 1.29 bits per heavy atom. The van der Waals surface area contributed by atoms with E-state index in [1.165, 1.54) is 0 Å². The Labute approximate surface area is 127 Å². The predicted octanol–water partition coefficient (Wildman–Crippen LogP) is 2.67. The number of nitrogen functional groups attached to an aromatic ring is 1. The summed E-state index contributed by atoms with van der Waals surface area (Å²) in [5, 5.41) is 0. The van der Waals surface area contributed by atoms with Crippen LogP contribution in [0.2, 0.25) is 0 Å². The van der Waals surface area contributed by atoms with Crippen LogP contribution in [-0.2, 0) is 10.2 Å². The summed E-state index contributed by atoms with van der Waals surface area (Å²) in [7, 11) is 0. The monoisotopic (exact) mass is 292 g/mol. The van der Waals surface area contributed by atoms with E-state index < -0.39 is 0 Å². The minimum absolute atomic E-state index is 0.121. The van der Waals surface area contributed by atoms with Crippen LogP contribution in [0.25, 0.3) is 0 Å². The summed E-state index contributed by atoms with van der Waals surface area (Å²) in [4.78, 5) is 11.5. The fraction of sp³-hybridized carbons (Fsp3) is 0.750. The smallest absolute Gasteiger partial charge is 0.138 e. The van der Waals surface area contributed by atoms with Gasteiger partial charge in [-0.2, -0.15) is 0 Å². The van der Waals surface area contributed by atoms with Crippen LogP contribution in [0.5, 0.6) is 0 Å². The molecule has 1 aliphatic rings. The highest BCUT2D eigenvalue weighted by molar-refractivity contribution is 5.57. The average molecular weight is 292 g/mol. The molecule has 1 aromatic rings. The third kappa shape index (κ3) is 3.46. The fourth-order valence-electron chi connectivity index (χ4n) is 2.78. The summed E-state index contributed by atoms with van der Waals surface area (Å²) in [5.74, 6) is 2.30. The molecule has 5 heteroatoms. The van der Waals surface area contributed by atoms with Gasteiger partial charge in [-0.1, -0.05) is 20.8 Å². The SMILES string of the molecule is Cc1c(N)nc(C(C)(C)C)nc1N1CC(C)OC(C)(C)C1. The maximum absolute atomic E-state index is 6.12. The van der Waals surface area contributed by atoms with Crippen molar-refractivity contribution in [1.29, 1.82) is 0 Å². The first kappa shape index (κ1) is 16.0. The third-order valence-corrected chi connectivity index (χ3v) is 3.70. The lowest BCUT2D eigenvalue weighted by atomic mass is 9.95. The molecule has 0 radical (unpaired) electrons. The third-order valence-electron chi connectivity index (χ3n) is 3.70. The van der Waals surface area contributed by atoms with E-state index in [2.05, 4.69) is 51.4 Å². The molecule has 0 spiro atoms. The Morgan fingerprint density at radius 2 is 1.90 bits per heavy atom. The Morgan fingerprint density at radius 3 is 2.43 bits per heavy atom. The topological polar surface area (TPSA) is 64.3 Å². The average Bonchev–Trinajstić information content (AvgIpc) is 2.28. The molecule has 0 aromatic carbocycles. The maximum Gasteiger partial charge on any atom is 0.138 e. The number of nitrogens with two attached hydrogens (primary N) is 1. The molecule has 1 atom stereocenters. The fourth-order valence-corrected chi connectivity index (χ4v) is 2.78. The van der Waals surface area contributed by atoms with Gasteiger partial charge in [-0.05, 0) is 27.7 Å². The van der Waals surface area contributed by atoms with Gasteiger partial charge < -0.3 is 15.4 Å². The van der Waals surface area contributed by atoms with Gasteiger partial charge in [-0.3, -0.25) is 0 Å². The van der Waals surface area contributed by atoms with Crippen molar-refractivity contribution in [3.8, 4) is 0 Å². The van der Waals surface area contributed by atoms with Gasteiger partial charge in [0, 0.05) is 24.1 Å². The van der Waals surface area contributed by atoms with Gasteiger partial charge in [-0.15, -0.1) is 0 Å². The Balaban J connectivity index is 2.45. The lowest BCUT2D eigenvalue weighted by molar-refractivity contribution is -0.0752. The van der Waals surface area contributed by atoms with Gasteiger partial charge in [0.05, 0.1) is 11.7 Å². The van der Waals surface area contributed by atoms with Gasteiger partial charge in [-0.25, -0.2) is 9.97 Å². The lowest BCUT2D eigenvalue weighted by Crippen LogP contribution is -2.52. The van der Waals surface area contributed by atoms with Crippen LogP contribution in [0.4, 0.5) is 11.6 Å².